The van der Waals surface area contributed by atoms with E-state index in [1.807, 2.05) is 4.90 Å². The summed E-state index contributed by atoms with van der Waals surface area (Å²) in [6.45, 7) is 10.1. The highest BCUT2D eigenvalue weighted by atomic mass is 35.5. The number of likely N-dealkylation sites (tertiary alicyclic amines) is 1. The Bertz CT molecular complexity index is 1030. The number of anilines is 2. The molecule has 0 unspecified atom stereocenters. The second kappa shape index (κ2) is 11.8. The third-order valence-electron chi connectivity index (χ3n) is 7.73. The Morgan fingerprint density at radius 2 is 1.78 bits per heavy atom. The molecule has 0 aromatic carbocycles. The maximum absolute atomic E-state index is 12.4. The molecule has 3 aliphatic rings. The summed E-state index contributed by atoms with van der Waals surface area (Å²) in [5.41, 5.74) is 6.41. The molecule has 0 saturated carbocycles. The smallest absolute Gasteiger partial charge is 0.324 e. The van der Waals surface area contributed by atoms with Gasteiger partial charge in [-0.15, -0.1) is 12.4 Å². The van der Waals surface area contributed by atoms with E-state index in [9.17, 15) is 4.79 Å². The summed E-state index contributed by atoms with van der Waals surface area (Å²) < 4.78 is 11.7. The van der Waals surface area contributed by atoms with Gasteiger partial charge in [-0.05, 0) is 38.5 Å². The van der Waals surface area contributed by atoms with Crippen LogP contribution in [0.2, 0.25) is 0 Å². The monoisotopic (exact) mass is 534 g/mol. The molecule has 0 radical (unpaired) electrons. The highest BCUT2D eigenvalue weighted by molar-refractivity contribution is 5.85. The molecule has 3 aliphatic heterocycles. The lowest BCUT2D eigenvalue weighted by Crippen LogP contribution is -2.51. The topological polar surface area (TPSA) is 127 Å². The Labute approximate surface area is 224 Å². The van der Waals surface area contributed by atoms with Crippen molar-refractivity contribution in [2.75, 3.05) is 42.5 Å². The number of carbonyl (C=O) groups excluding carboxylic acids is 1. The number of nitrogens with two attached hydrogens (primary N) is 1. The molecule has 3 atom stereocenters. The van der Waals surface area contributed by atoms with E-state index in [-0.39, 0.29) is 42.4 Å². The number of piperidine rings is 2. The Morgan fingerprint density at radius 3 is 2.43 bits per heavy atom. The second-order valence-electron chi connectivity index (χ2n) is 10.6. The highest BCUT2D eigenvalue weighted by Gasteiger charge is 2.38. The second-order valence-corrected chi connectivity index (χ2v) is 10.6. The number of amides is 1. The molecule has 2 aromatic rings. The van der Waals surface area contributed by atoms with E-state index in [1.165, 1.54) is 0 Å². The minimum absolute atomic E-state index is 0. The first-order valence-corrected chi connectivity index (χ1v) is 13.3. The van der Waals surface area contributed by atoms with E-state index in [2.05, 4.69) is 50.7 Å². The molecule has 12 heteroatoms. The maximum atomic E-state index is 12.4. The van der Waals surface area contributed by atoms with Crippen molar-refractivity contribution < 1.29 is 14.1 Å². The van der Waals surface area contributed by atoms with E-state index < -0.39 is 0 Å². The Hall–Kier alpha value is -2.66. The van der Waals surface area contributed by atoms with Crippen LogP contribution in [0.1, 0.15) is 64.6 Å². The quantitative estimate of drug-likeness (QED) is 0.566. The zero-order valence-corrected chi connectivity index (χ0v) is 22.8. The van der Waals surface area contributed by atoms with E-state index in [4.69, 9.17) is 15.0 Å². The number of hydrogen-bond donors (Lipinski definition) is 1. The number of ether oxygens (including phenoxy) is 1. The lowest BCUT2D eigenvalue weighted by molar-refractivity contribution is -0.135. The van der Waals surface area contributed by atoms with Gasteiger partial charge < -0.3 is 29.7 Å². The number of nitrogens with zero attached hydrogens (tertiary/aromatic N) is 7. The van der Waals surface area contributed by atoms with Crippen LogP contribution in [-0.4, -0.2) is 81.8 Å². The van der Waals surface area contributed by atoms with Crippen molar-refractivity contribution in [2.45, 2.75) is 77.0 Å². The van der Waals surface area contributed by atoms with Gasteiger partial charge in [0.15, 0.2) is 11.6 Å². The molecule has 11 nitrogen and oxygen atoms in total. The Morgan fingerprint density at radius 1 is 1.05 bits per heavy atom. The molecule has 1 amide bonds. The number of halogens is 1. The van der Waals surface area contributed by atoms with Crippen LogP contribution < -0.4 is 20.3 Å². The third-order valence-corrected chi connectivity index (χ3v) is 7.73. The molecule has 0 bridgehead atoms. The Kier molecular flexibility index (Phi) is 8.74. The fourth-order valence-corrected chi connectivity index (χ4v) is 5.48. The summed E-state index contributed by atoms with van der Waals surface area (Å²) in [6, 6.07) is 0.539. The molecular formula is C25H39ClN8O3. The van der Waals surface area contributed by atoms with Crippen molar-refractivity contribution in [3.8, 4) is 5.75 Å². The van der Waals surface area contributed by atoms with Gasteiger partial charge >= 0.3 is 6.01 Å². The number of aromatic nitrogens is 4. The first-order chi connectivity index (χ1) is 17.4. The molecule has 2 N–H and O–H groups in total. The minimum Gasteiger partial charge on any atom is -0.487 e. The summed E-state index contributed by atoms with van der Waals surface area (Å²) in [5.74, 6) is 2.94. The largest absolute Gasteiger partial charge is 0.487 e. The van der Waals surface area contributed by atoms with E-state index in [1.54, 1.807) is 12.4 Å². The van der Waals surface area contributed by atoms with Crippen molar-refractivity contribution in [3.63, 3.8) is 0 Å². The molecular weight excluding hydrogens is 496 g/mol. The predicted octanol–water partition coefficient (Wildman–Crippen LogP) is 2.62. The van der Waals surface area contributed by atoms with E-state index >= 15 is 0 Å². The van der Waals surface area contributed by atoms with Crippen LogP contribution in [0.3, 0.4) is 0 Å². The number of carbonyl (C=O) groups is 1. The Balaban J connectivity index is 0.00000320. The maximum Gasteiger partial charge on any atom is 0.324 e. The molecule has 3 fully saturated rings. The average Bonchev–Trinajstić information content (AvgIpc) is 3.53. The van der Waals surface area contributed by atoms with Crippen molar-refractivity contribution in [2.24, 2.45) is 11.7 Å². The molecule has 2 aromatic heterocycles. The first-order valence-electron chi connectivity index (χ1n) is 13.3. The average molecular weight is 535 g/mol. The third kappa shape index (κ3) is 6.09. The van der Waals surface area contributed by atoms with Crippen LogP contribution in [0.5, 0.6) is 5.75 Å². The van der Waals surface area contributed by atoms with Gasteiger partial charge in [0.25, 0.3) is 0 Å². The SMILES string of the molecule is CC(C)c1noc(N2CCC([C@H](C)Oc3cnc(N4C[C@H](N)[C@@H](N5CCCCC5=O)C4)nc3)CC2)n1.Cl. The van der Waals surface area contributed by atoms with Gasteiger partial charge in [0.1, 0.15) is 0 Å². The van der Waals surface area contributed by atoms with Crippen LogP contribution in [-0.2, 0) is 4.79 Å². The van der Waals surface area contributed by atoms with Gasteiger partial charge in [-0.2, -0.15) is 4.98 Å². The van der Waals surface area contributed by atoms with Crippen molar-refractivity contribution in [3.05, 3.63) is 18.2 Å². The molecule has 3 saturated heterocycles. The van der Waals surface area contributed by atoms with Crippen LogP contribution in [0.15, 0.2) is 16.9 Å². The zero-order chi connectivity index (χ0) is 25.2. The normalized spacial score (nSPS) is 23.9. The molecule has 5 heterocycles. The molecule has 0 aliphatic carbocycles. The summed E-state index contributed by atoms with van der Waals surface area (Å²) in [7, 11) is 0. The lowest BCUT2D eigenvalue weighted by Gasteiger charge is -2.34. The van der Waals surface area contributed by atoms with Crippen LogP contribution in [0.4, 0.5) is 12.0 Å². The molecule has 0 spiro atoms. The summed E-state index contributed by atoms with van der Waals surface area (Å²) in [4.78, 5) is 32.2. The van der Waals surface area contributed by atoms with E-state index in [0.717, 1.165) is 51.1 Å². The van der Waals surface area contributed by atoms with Gasteiger partial charge in [-0.3, -0.25) is 4.79 Å². The fraction of sp³-hybridized carbons (Fsp3) is 0.720. The van der Waals surface area contributed by atoms with Crippen LogP contribution in [0.25, 0.3) is 0 Å². The summed E-state index contributed by atoms with van der Waals surface area (Å²) in [6.07, 6.45) is 8.15. The minimum atomic E-state index is -0.0958. The summed E-state index contributed by atoms with van der Waals surface area (Å²) >= 11 is 0. The number of rotatable bonds is 7. The molecule has 5 rings (SSSR count). The summed E-state index contributed by atoms with van der Waals surface area (Å²) in [5, 5.41) is 4.08. The van der Waals surface area contributed by atoms with E-state index in [0.29, 0.717) is 43.1 Å². The van der Waals surface area contributed by atoms with Gasteiger partial charge in [0, 0.05) is 51.1 Å². The lowest BCUT2D eigenvalue weighted by atomic mass is 9.92. The highest BCUT2D eigenvalue weighted by Crippen LogP contribution is 2.28. The van der Waals surface area contributed by atoms with Crippen molar-refractivity contribution in [1.29, 1.82) is 0 Å². The zero-order valence-electron chi connectivity index (χ0n) is 22.0. The van der Waals surface area contributed by atoms with Crippen LogP contribution >= 0.6 is 12.4 Å². The predicted molar refractivity (Wildman–Crippen MR) is 142 cm³/mol. The molecule has 204 valence electrons. The first kappa shape index (κ1) is 27.4. The van der Waals surface area contributed by atoms with Crippen LogP contribution in [0, 0.1) is 5.92 Å². The van der Waals surface area contributed by atoms with Gasteiger partial charge in [0.2, 0.25) is 11.9 Å². The van der Waals surface area contributed by atoms with Gasteiger partial charge in [0.05, 0.1) is 24.5 Å². The van der Waals surface area contributed by atoms with Crippen molar-refractivity contribution in [1.82, 2.24) is 25.0 Å². The van der Waals surface area contributed by atoms with Crippen molar-refractivity contribution >= 4 is 30.3 Å². The number of hydrogen-bond acceptors (Lipinski definition) is 10. The van der Waals surface area contributed by atoms with Gasteiger partial charge in [-0.25, -0.2) is 9.97 Å². The van der Waals surface area contributed by atoms with Gasteiger partial charge in [-0.1, -0.05) is 19.0 Å². The fourth-order valence-electron chi connectivity index (χ4n) is 5.48. The standard InChI is InChI=1S/C25H38N8O3.ClH/c1-16(2)23-29-25(36-30-23)31-10-7-18(8-11-31)17(3)35-19-12-27-24(28-13-19)32-14-20(26)21(15-32)33-9-5-4-6-22(33)34;/h12-13,16-18,20-21H,4-11,14-15,26H2,1-3H3;1H/t17-,20-,21-;/m0./s1. The molecule has 37 heavy (non-hydrogen) atoms.